The summed E-state index contributed by atoms with van der Waals surface area (Å²) in [5.74, 6) is 1.47. The first-order valence-corrected chi connectivity index (χ1v) is 7.99. The van der Waals surface area contributed by atoms with Gasteiger partial charge in [0.25, 0.3) is 5.69 Å². The van der Waals surface area contributed by atoms with Crippen LogP contribution in [-0.4, -0.2) is 28.0 Å². The highest BCUT2D eigenvalue weighted by Crippen LogP contribution is 2.25. The molecule has 1 aliphatic heterocycles. The minimum absolute atomic E-state index is 0.0592. The molecule has 1 aliphatic rings. The van der Waals surface area contributed by atoms with Crippen molar-refractivity contribution >= 4 is 11.5 Å². The summed E-state index contributed by atoms with van der Waals surface area (Å²) in [7, 11) is 0. The summed E-state index contributed by atoms with van der Waals surface area (Å²) in [4.78, 5) is 22.0. The number of nitro benzene ring substituents is 1. The maximum Gasteiger partial charge on any atom is 0.270 e. The fourth-order valence-electron chi connectivity index (χ4n) is 2.90. The van der Waals surface area contributed by atoms with E-state index in [9.17, 15) is 10.1 Å². The van der Waals surface area contributed by atoms with Crippen LogP contribution in [0, 0.1) is 17.0 Å². The summed E-state index contributed by atoms with van der Waals surface area (Å²) in [6.45, 7) is 3.94. The quantitative estimate of drug-likeness (QED) is 0.637. The third-order valence-electron chi connectivity index (χ3n) is 4.09. The van der Waals surface area contributed by atoms with Crippen LogP contribution in [0.5, 0.6) is 0 Å². The lowest BCUT2D eigenvalue weighted by molar-refractivity contribution is -0.384. The first-order valence-electron chi connectivity index (χ1n) is 7.99. The Hall–Kier alpha value is -2.50. The van der Waals surface area contributed by atoms with Crippen LogP contribution in [0.3, 0.4) is 0 Å². The second-order valence-corrected chi connectivity index (χ2v) is 5.90. The lowest BCUT2D eigenvalue weighted by atomic mass is 10.2. The van der Waals surface area contributed by atoms with Gasteiger partial charge in [-0.25, -0.2) is 9.97 Å². The van der Waals surface area contributed by atoms with Crippen LogP contribution >= 0.6 is 0 Å². The molecular formula is C17H20N4O2. The SMILES string of the molecule is Cc1cc(N2CCCCCC2)nc(-c2cccc([N+](=O)[O-])c2)n1. The van der Waals surface area contributed by atoms with Crippen molar-refractivity contribution in [3.8, 4) is 11.4 Å². The van der Waals surface area contributed by atoms with Crippen LogP contribution in [-0.2, 0) is 0 Å². The highest BCUT2D eigenvalue weighted by atomic mass is 16.6. The number of aromatic nitrogens is 2. The third-order valence-corrected chi connectivity index (χ3v) is 4.09. The van der Waals surface area contributed by atoms with Crippen molar-refractivity contribution in [2.45, 2.75) is 32.6 Å². The molecule has 1 aromatic carbocycles. The highest BCUT2D eigenvalue weighted by molar-refractivity contribution is 5.61. The van der Waals surface area contributed by atoms with Gasteiger partial charge in [0.2, 0.25) is 0 Å². The Morgan fingerprint density at radius 3 is 2.52 bits per heavy atom. The first-order chi connectivity index (χ1) is 11.1. The van der Waals surface area contributed by atoms with Crippen molar-refractivity contribution in [1.82, 2.24) is 9.97 Å². The van der Waals surface area contributed by atoms with E-state index in [1.54, 1.807) is 6.07 Å². The van der Waals surface area contributed by atoms with Gasteiger partial charge in [0.1, 0.15) is 5.82 Å². The topological polar surface area (TPSA) is 72.2 Å². The summed E-state index contributed by atoms with van der Waals surface area (Å²) in [5.41, 5.74) is 1.61. The zero-order valence-electron chi connectivity index (χ0n) is 13.2. The molecule has 0 amide bonds. The number of nitrogens with zero attached hydrogens (tertiary/aromatic N) is 4. The fraction of sp³-hybridized carbons (Fsp3) is 0.412. The molecule has 6 nitrogen and oxygen atoms in total. The predicted molar refractivity (Wildman–Crippen MR) is 89.5 cm³/mol. The Labute approximate surface area is 135 Å². The van der Waals surface area contributed by atoms with Crippen molar-refractivity contribution in [2.75, 3.05) is 18.0 Å². The molecule has 1 saturated heterocycles. The molecule has 23 heavy (non-hydrogen) atoms. The van der Waals surface area contributed by atoms with E-state index in [-0.39, 0.29) is 5.69 Å². The molecule has 0 spiro atoms. The van der Waals surface area contributed by atoms with Crippen molar-refractivity contribution in [3.63, 3.8) is 0 Å². The van der Waals surface area contributed by atoms with E-state index < -0.39 is 4.92 Å². The van der Waals surface area contributed by atoms with Gasteiger partial charge in [-0.05, 0) is 19.8 Å². The first kappa shape index (κ1) is 15.4. The average Bonchev–Trinajstić information content (AvgIpc) is 2.83. The summed E-state index contributed by atoms with van der Waals surface area (Å²) in [6, 6.07) is 8.49. The Bertz CT molecular complexity index is 709. The van der Waals surface area contributed by atoms with E-state index in [2.05, 4.69) is 14.9 Å². The maximum absolute atomic E-state index is 11.0. The van der Waals surface area contributed by atoms with E-state index in [4.69, 9.17) is 0 Å². The second kappa shape index (κ2) is 6.73. The number of hydrogen-bond acceptors (Lipinski definition) is 5. The number of rotatable bonds is 3. The number of non-ortho nitro benzene ring substituents is 1. The fourth-order valence-corrected chi connectivity index (χ4v) is 2.90. The molecule has 0 radical (unpaired) electrons. The Balaban J connectivity index is 1.96. The summed E-state index contributed by atoms with van der Waals surface area (Å²) in [5, 5.41) is 11.0. The average molecular weight is 312 g/mol. The Morgan fingerprint density at radius 1 is 1.09 bits per heavy atom. The monoisotopic (exact) mass is 312 g/mol. The van der Waals surface area contributed by atoms with E-state index in [0.717, 1.165) is 24.6 Å². The lowest BCUT2D eigenvalue weighted by Gasteiger charge is -2.22. The molecule has 0 N–H and O–H groups in total. The molecule has 120 valence electrons. The minimum Gasteiger partial charge on any atom is -0.356 e. The number of nitro groups is 1. The largest absolute Gasteiger partial charge is 0.356 e. The van der Waals surface area contributed by atoms with Gasteiger partial charge in [-0.15, -0.1) is 0 Å². The molecule has 3 rings (SSSR count). The Morgan fingerprint density at radius 2 is 1.83 bits per heavy atom. The van der Waals surface area contributed by atoms with Crippen LogP contribution in [0.1, 0.15) is 31.4 Å². The predicted octanol–water partition coefficient (Wildman–Crippen LogP) is 3.74. The van der Waals surface area contributed by atoms with E-state index in [1.165, 1.54) is 37.8 Å². The van der Waals surface area contributed by atoms with Gasteiger partial charge >= 0.3 is 0 Å². The highest BCUT2D eigenvalue weighted by Gasteiger charge is 2.15. The smallest absolute Gasteiger partial charge is 0.270 e. The van der Waals surface area contributed by atoms with Gasteiger partial charge < -0.3 is 4.90 Å². The molecule has 0 bridgehead atoms. The number of aryl methyl sites for hydroxylation is 1. The van der Waals surface area contributed by atoms with E-state index in [1.807, 2.05) is 19.1 Å². The molecule has 0 atom stereocenters. The number of hydrogen-bond donors (Lipinski definition) is 0. The van der Waals surface area contributed by atoms with Gasteiger partial charge in [-0.1, -0.05) is 25.0 Å². The van der Waals surface area contributed by atoms with Gasteiger partial charge in [-0.3, -0.25) is 10.1 Å². The minimum atomic E-state index is -0.394. The van der Waals surface area contributed by atoms with E-state index in [0.29, 0.717) is 11.4 Å². The molecule has 0 saturated carbocycles. The Kier molecular flexibility index (Phi) is 4.50. The zero-order chi connectivity index (χ0) is 16.2. The van der Waals surface area contributed by atoms with Crippen molar-refractivity contribution < 1.29 is 4.92 Å². The standard InChI is InChI=1S/C17H20N4O2/c1-13-11-16(20-9-4-2-3-5-10-20)19-17(18-13)14-7-6-8-15(12-14)21(22)23/h6-8,11-12H,2-5,9-10H2,1H3. The van der Waals surface area contributed by atoms with E-state index >= 15 is 0 Å². The van der Waals surface area contributed by atoms with Gasteiger partial charge in [-0.2, -0.15) is 0 Å². The van der Waals surface area contributed by atoms with Crippen LogP contribution in [0.25, 0.3) is 11.4 Å². The third kappa shape index (κ3) is 3.64. The number of anilines is 1. The summed E-state index contributed by atoms with van der Waals surface area (Å²) in [6.07, 6.45) is 4.88. The molecular weight excluding hydrogens is 292 g/mol. The van der Waals surface area contributed by atoms with Gasteiger partial charge in [0.05, 0.1) is 4.92 Å². The van der Waals surface area contributed by atoms with Crippen LogP contribution in [0.15, 0.2) is 30.3 Å². The summed E-state index contributed by atoms with van der Waals surface area (Å²) < 4.78 is 0. The maximum atomic E-state index is 11.0. The summed E-state index contributed by atoms with van der Waals surface area (Å²) >= 11 is 0. The molecule has 0 unspecified atom stereocenters. The zero-order valence-corrected chi connectivity index (χ0v) is 13.2. The lowest BCUT2D eigenvalue weighted by Crippen LogP contribution is -2.25. The second-order valence-electron chi connectivity index (χ2n) is 5.90. The van der Waals surface area contributed by atoms with Gasteiger partial charge in [0.15, 0.2) is 5.82 Å². The van der Waals surface area contributed by atoms with Crippen molar-refractivity contribution in [3.05, 3.63) is 46.1 Å². The number of benzene rings is 1. The van der Waals surface area contributed by atoms with Crippen molar-refractivity contribution in [2.24, 2.45) is 0 Å². The molecule has 1 fully saturated rings. The van der Waals surface area contributed by atoms with Crippen LogP contribution in [0.4, 0.5) is 11.5 Å². The van der Waals surface area contributed by atoms with Crippen LogP contribution < -0.4 is 4.90 Å². The molecule has 2 heterocycles. The molecule has 0 aliphatic carbocycles. The van der Waals surface area contributed by atoms with Crippen molar-refractivity contribution in [1.29, 1.82) is 0 Å². The van der Waals surface area contributed by atoms with Gasteiger partial charge in [0, 0.05) is 42.5 Å². The van der Waals surface area contributed by atoms with Crippen LogP contribution in [0.2, 0.25) is 0 Å². The molecule has 2 aromatic rings. The normalized spacial score (nSPS) is 15.3. The molecule has 1 aromatic heterocycles. The molecule has 6 heteroatoms.